The average Bonchev–Trinajstić information content (AvgIpc) is 2.81. The number of imidazole rings is 1. The van der Waals surface area contributed by atoms with Crippen molar-refractivity contribution >= 4 is 34.9 Å². The molecule has 0 spiro atoms. The lowest BCUT2D eigenvalue weighted by Gasteiger charge is -2.08. The van der Waals surface area contributed by atoms with Crippen LogP contribution < -0.4 is 5.73 Å². The molecule has 2 aromatic rings. The summed E-state index contributed by atoms with van der Waals surface area (Å²) < 4.78 is 7.05. The van der Waals surface area contributed by atoms with E-state index in [1.807, 2.05) is 17.7 Å². The maximum atomic E-state index is 11.9. The summed E-state index contributed by atoms with van der Waals surface area (Å²) in [5, 5.41) is 0.460. The second-order valence-corrected chi connectivity index (χ2v) is 4.95. The van der Waals surface area contributed by atoms with Gasteiger partial charge in [-0.2, -0.15) is 0 Å². The summed E-state index contributed by atoms with van der Waals surface area (Å²) in [6.45, 7) is 2.64. The number of esters is 1. The van der Waals surface area contributed by atoms with Crippen LogP contribution in [0, 0.1) is 6.92 Å². The predicted molar refractivity (Wildman–Crippen MR) is 78.1 cm³/mol. The Balaban J connectivity index is 1.97. The molecule has 2 N–H and O–H groups in total. The molecule has 0 aliphatic rings. The maximum absolute atomic E-state index is 11.9. The summed E-state index contributed by atoms with van der Waals surface area (Å²) in [6.07, 6.45) is 3.51. The molecular weight excluding hydrogens is 301 g/mol. The lowest BCUT2D eigenvalue weighted by molar-refractivity contribution is 0.0490. The monoisotopic (exact) mass is 313 g/mol. The molecule has 7 heteroatoms. The van der Waals surface area contributed by atoms with Gasteiger partial charge in [0, 0.05) is 12.4 Å². The van der Waals surface area contributed by atoms with Gasteiger partial charge in [-0.25, -0.2) is 9.78 Å². The Labute approximate surface area is 126 Å². The van der Waals surface area contributed by atoms with Crippen LogP contribution in [-0.2, 0) is 11.3 Å². The number of aryl methyl sites for hydroxylation is 1. The minimum absolute atomic E-state index is 0.226. The zero-order valence-corrected chi connectivity index (χ0v) is 12.3. The largest absolute Gasteiger partial charge is 0.460 e. The molecule has 0 unspecified atom stereocenters. The number of hydrogen-bond donors (Lipinski definition) is 1. The molecule has 1 heterocycles. The Morgan fingerprint density at radius 3 is 2.80 bits per heavy atom. The molecule has 0 aliphatic heterocycles. The Bertz CT molecular complexity index is 617. The molecule has 0 bridgehead atoms. The van der Waals surface area contributed by atoms with Crippen LogP contribution in [0.3, 0.4) is 0 Å². The molecule has 0 saturated carbocycles. The first-order valence-corrected chi connectivity index (χ1v) is 6.64. The summed E-state index contributed by atoms with van der Waals surface area (Å²) in [5.74, 6) is 0.368. The summed E-state index contributed by atoms with van der Waals surface area (Å²) in [6, 6.07) is 2.88. The number of nitrogens with two attached hydrogens (primary N) is 1. The number of rotatable bonds is 4. The molecule has 0 aliphatic carbocycles. The van der Waals surface area contributed by atoms with Crippen molar-refractivity contribution in [3.05, 3.63) is 46.0 Å². The van der Waals surface area contributed by atoms with Gasteiger partial charge in [0.25, 0.3) is 0 Å². The Morgan fingerprint density at radius 1 is 1.45 bits per heavy atom. The van der Waals surface area contributed by atoms with E-state index in [1.54, 1.807) is 6.20 Å². The molecule has 1 aromatic heterocycles. The summed E-state index contributed by atoms with van der Waals surface area (Å²) in [5.41, 5.74) is 6.17. The van der Waals surface area contributed by atoms with Crippen molar-refractivity contribution in [2.75, 3.05) is 12.3 Å². The second-order valence-electron chi connectivity index (χ2n) is 4.17. The minimum atomic E-state index is -0.493. The molecule has 0 saturated heterocycles. The van der Waals surface area contributed by atoms with E-state index in [0.717, 1.165) is 5.82 Å². The molecule has 5 nitrogen and oxygen atoms in total. The molecule has 2 rings (SSSR count). The topological polar surface area (TPSA) is 70.1 Å². The number of hydrogen-bond acceptors (Lipinski definition) is 4. The van der Waals surface area contributed by atoms with Crippen LogP contribution in [0.2, 0.25) is 10.0 Å². The normalized spacial score (nSPS) is 10.6. The molecule has 0 radical (unpaired) electrons. The first kappa shape index (κ1) is 14.7. The quantitative estimate of drug-likeness (QED) is 0.696. The second kappa shape index (κ2) is 6.15. The van der Waals surface area contributed by atoms with Gasteiger partial charge in [-0.15, -0.1) is 0 Å². The van der Waals surface area contributed by atoms with E-state index in [4.69, 9.17) is 33.7 Å². The molecule has 0 atom stereocenters. The third kappa shape index (κ3) is 3.23. The van der Waals surface area contributed by atoms with Crippen molar-refractivity contribution in [1.82, 2.24) is 9.55 Å². The van der Waals surface area contributed by atoms with Crippen LogP contribution in [-0.4, -0.2) is 22.1 Å². The number of halogens is 2. The maximum Gasteiger partial charge on any atom is 0.338 e. The van der Waals surface area contributed by atoms with Crippen LogP contribution in [0.4, 0.5) is 5.69 Å². The van der Waals surface area contributed by atoms with Crippen molar-refractivity contribution in [3.63, 3.8) is 0 Å². The van der Waals surface area contributed by atoms with Crippen LogP contribution in [0.25, 0.3) is 0 Å². The fraction of sp³-hybridized carbons (Fsp3) is 0.231. The lowest BCUT2D eigenvalue weighted by atomic mass is 10.2. The first-order chi connectivity index (χ1) is 9.49. The summed E-state index contributed by atoms with van der Waals surface area (Å²) in [7, 11) is 0. The van der Waals surface area contributed by atoms with Crippen molar-refractivity contribution in [2.45, 2.75) is 13.5 Å². The van der Waals surface area contributed by atoms with Crippen molar-refractivity contribution in [3.8, 4) is 0 Å². The van der Waals surface area contributed by atoms with E-state index < -0.39 is 5.97 Å². The molecule has 1 aromatic carbocycles. The third-order valence-corrected chi connectivity index (χ3v) is 3.60. The molecule has 0 amide bonds. The highest BCUT2D eigenvalue weighted by Gasteiger charge is 2.12. The zero-order valence-electron chi connectivity index (χ0n) is 10.8. The van der Waals surface area contributed by atoms with Gasteiger partial charge in [-0.3, -0.25) is 0 Å². The highest BCUT2D eigenvalue weighted by Crippen LogP contribution is 2.29. The lowest BCUT2D eigenvalue weighted by Crippen LogP contribution is -2.12. The standard InChI is InChI=1S/C13H13Cl2N3O2/c1-8-17-2-3-18(8)4-5-20-13(19)9-6-10(14)12(15)11(16)7-9/h2-3,6-7H,4-5,16H2,1H3. The van der Waals surface area contributed by atoms with Gasteiger partial charge >= 0.3 is 5.97 Å². The van der Waals surface area contributed by atoms with E-state index in [0.29, 0.717) is 6.54 Å². The molecular formula is C13H13Cl2N3O2. The smallest absolute Gasteiger partial charge is 0.338 e. The molecule has 106 valence electrons. The minimum Gasteiger partial charge on any atom is -0.460 e. The SMILES string of the molecule is Cc1nccn1CCOC(=O)c1cc(N)c(Cl)c(Cl)c1. The van der Waals surface area contributed by atoms with Gasteiger partial charge in [-0.1, -0.05) is 23.2 Å². The number of benzene rings is 1. The Morgan fingerprint density at radius 2 is 2.20 bits per heavy atom. The van der Waals surface area contributed by atoms with Crippen LogP contribution in [0.15, 0.2) is 24.5 Å². The highest BCUT2D eigenvalue weighted by atomic mass is 35.5. The van der Waals surface area contributed by atoms with Gasteiger partial charge in [0.2, 0.25) is 0 Å². The van der Waals surface area contributed by atoms with Gasteiger partial charge in [0.15, 0.2) is 0 Å². The number of carbonyl (C=O) groups is 1. The van der Waals surface area contributed by atoms with Gasteiger partial charge in [0.1, 0.15) is 12.4 Å². The molecule has 20 heavy (non-hydrogen) atoms. The zero-order chi connectivity index (χ0) is 14.7. The number of aromatic nitrogens is 2. The van der Waals surface area contributed by atoms with Gasteiger partial charge in [0.05, 0.1) is 27.8 Å². The van der Waals surface area contributed by atoms with E-state index >= 15 is 0 Å². The van der Waals surface area contributed by atoms with Crippen molar-refractivity contribution in [2.24, 2.45) is 0 Å². The van der Waals surface area contributed by atoms with Crippen LogP contribution in [0.5, 0.6) is 0 Å². The van der Waals surface area contributed by atoms with Crippen LogP contribution in [0.1, 0.15) is 16.2 Å². The van der Waals surface area contributed by atoms with Crippen molar-refractivity contribution in [1.29, 1.82) is 0 Å². The first-order valence-electron chi connectivity index (χ1n) is 5.88. The van der Waals surface area contributed by atoms with E-state index in [-0.39, 0.29) is 27.9 Å². The number of anilines is 1. The highest BCUT2D eigenvalue weighted by molar-refractivity contribution is 6.43. The average molecular weight is 314 g/mol. The van der Waals surface area contributed by atoms with E-state index in [2.05, 4.69) is 4.98 Å². The Kier molecular flexibility index (Phi) is 4.52. The summed E-state index contributed by atoms with van der Waals surface area (Å²) in [4.78, 5) is 15.9. The van der Waals surface area contributed by atoms with Gasteiger partial charge in [-0.05, 0) is 19.1 Å². The number of nitrogen functional groups attached to an aromatic ring is 1. The van der Waals surface area contributed by atoms with Crippen LogP contribution >= 0.6 is 23.2 Å². The predicted octanol–water partition coefficient (Wildman–Crippen LogP) is 2.94. The number of ether oxygens (including phenoxy) is 1. The third-order valence-electron chi connectivity index (χ3n) is 2.78. The summed E-state index contributed by atoms with van der Waals surface area (Å²) >= 11 is 11.7. The number of carbonyl (C=O) groups excluding carboxylic acids is 1. The number of nitrogens with zero attached hydrogens (tertiary/aromatic N) is 2. The van der Waals surface area contributed by atoms with Gasteiger partial charge < -0.3 is 15.0 Å². The Hall–Kier alpha value is -1.72. The fourth-order valence-corrected chi connectivity index (χ4v) is 2.02. The van der Waals surface area contributed by atoms with E-state index in [1.165, 1.54) is 12.1 Å². The fourth-order valence-electron chi connectivity index (χ4n) is 1.69. The molecule has 0 fully saturated rings. The van der Waals surface area contributed by atoms with E-state index in [9.17, 15) is 4.79 Å². The van der Waals surface area contributed by atoms with Crippen molar-refractivity contribution < 1.29 is 9.53 Å².